The second-order valence-electron chi connectivity index (χ2n) is 5.34. The molecule has 0 aromatic heterocycles. The van der Waals surface area contributed by atoms with Crippen molar-refractivity contribution in [1.29, 1.82) is 0 Å². The van der Waals surface area contributed by atoms with Gasteiger partial charge in [-0.05, 0) is 57.0 Å². The number of hydrogen-bond donors (Lipinski definition) is 0. The van der Waals surface area contributed by atoms with Crippen LogP contribution >= 0.6 is 0 Å². The molecule has 0 spiro atoms. The molecule has 2 bridgehead atoms. The van der Waals surface area contributed by atoms with E-state index in [1.165, 1.54) is 32.4 Å². The van der Waals surface area contributed by atoms with Crippen LogP contribution in [0, 0.1) is 11.8 Å². The van der Waals surface area contributed by atoms with Gasteiger partial charge in [-0.25, -0.2) is 0 Å². The van der Waals surface area contributed by atoms with Crippen LogP contribution in [-0.2, 0) is 0 Å². The van der Waals surface area contributed by atoms with Gasteiger partial charge in [0.15, 0.2) is 0 Å². The van der Waals surface area contributed by atoms with E-state index >= 15 is 0 Å². The van der Waals surface area contributed by atoms with Crippen LogP contribution < -0.4 is 0 Å². The minimum absolute atomic E-state index is 1.01. The van der Waals surface area contributed by atoms with E-state index in [9.17, 15) is 0 Å². The van der Waals surface area contributed by atoms with Gasteiger partial charge in [0.05, 0.1) is 0 Å². The van der Waals surface area contributed by atoms with E-state index in [1.54, 1.807) is 25.7 Å². The first-order valence-electron chi connectivity index (χ1n) is 6.17. The molecule has 74 valence electrons. The second-order valence-corrected chi connectivity index (χ2v) is 5.34. The summed E-state index contributed by atoms with van der Waals surface area (Å²) in [6, 6.07) is 1.01. The van der Waals surface area contributed by atoms with Crippen molar-refractivity contribution in [3.63, 3.8) is 0 Å². The topological polar surface area (TPSA) is 3.24 Å². The quantitative estimate of drug-likeness (QED) is 0.598. The Morgan fingerprint density at radius 3 is 2.31 bits per heavy atom. The van der Waals surface area contributed by atoms with Crippen molar-refractivity contribution in [2.45, 2.75) is 51.0 Å². The first-order valence-corrected chi connectivity index (χ1v) is 6.17. The van der Waals surface area contributed by atoms with Gasteiger partial charge in [0, 0.05) is 6.04 Å². The highest BCUT2D eigenvalue weighted by Crippen LogP contribution is 2.46. The second kappa shape index (κ2) is 3.27. The molecule has 0 radical (unpaired) electrons. The molecule has 0 aromatic rings. The number of fused-ring (bicyclic) bond motifs is 2. The van der Waals surface area contributed by atoms with E-state index in [-0.39, 0.29) is 0 Å². The molecule has 1 nitrogen and oxygen atoms in total. The molecule has 13 heavy (non-hydrogen) atoms. The number of likely N-dealkylation sites (tertiary alicyclic amines) is 1. The van der Waals surface area contributed by atoms with Gasteiger partial charge in [-0.2, -0.15) is 0 Å². The number of rotatable bonds is 1. The molecule has 1 aliphatic heterocycles. The van der Waals surface area contributed by atoms with E-state index in [2.05, 4.69) is 4.90 Å². The van der Waals surface area contributed by atoms with Gasteiger partial charge in [-0.1, -0.05) is 12.8 Å². The summed E-state index contributed by atoms with van der Waals surface area (Å²) >= 11 is 0. The summed E-state index contributed by atoms with van der Waals surface area (Å²) < 4.78 is 0. The largest absolute Gasteiger partial charge is 0.300 e. The Morgan fingerprint density at radius 2 is 1.69 bits per heavy atom. The van der Waals surface area contributed by atoms with Gasteiger partial charge in [-0.15, -0.1) is 0 Å². The number of nitrogens with zero attached hydrogens (tertiary/aromatic N) is 1. The first-order chi connectivity index (χ1) is 6.43. The van der Waals surface area contributed by atoms with E-state index in [1.807, 2.05) is 0 Å². The normalized spacial score (nSPS) is 45.7. The lowest BCUT2D eigenvalue weighted by atomic mass is 9.92. The molecule has 0 amide bonds. The Kier molecular flexibility index (Phi) is 2.08. The molecule has 3 fully saturated rings. The average molecular weight is 179 g/mol. The van der Waals surface area contributed by atoms with Gasteiger partial charge in [0.2, 0.25) is 0 Å². The highest BCUT2D eigenvalue weighted by Gasteiger charge is 2.42. The third kappa shape index (κ3) is 1.41. The van der Waals surface area contributed by atoms with Crippen molar-refractivity contribution in [3.05, 3.63) is 0 Å². The molecule has 0 unspecified atom stereocenters. The van der Waals surface area contributed by atoms with E-state index in [0.717, 1.165) is 17.9 Å². The van der Waals surface area contributed by atoms with Gasteiger partial charge >= 0.3 is 0 Å². The number of hydrogen-bond acceptors (Lipinski definition) is 1. The smallest absolute Gasteiger partial charge is 0.0126 e. The molecule has 2 saturated carbocycles. The molecule has 3 atom stereocenters. The molecule has 1 heteroatoms. The highest BCUT2D eigenvalue weighted by molar-refractivity contribution is 4.95. The summed E-state index contributed by atoms with van der Waals surface area (Å²) in [5.74, 6) is 2.22. The van der Waals surface area contributed by atoms with Gasteiger partial charge in [0.1, 0.15) is 0 Å². The fourth-order valence-corrected chi connectivity index (χ4v) is 3.91. The average Bonchev–Trinajstić information content (AvgIpc) is 2.80. The summed E-state index contributed by atoms with van der Waals surface area (Å²) in [5.41, 5.74) is 0. The van der Waals surface area contributed by atoms with Crippen LogP contribution in [0.3, 0.4) is 0 Å². The predicted molar refractivity (Wildman–Crippen MR) is 54.7 cm³/mol. The maximum atomic E-state index is 2.81. The zero-order valence-corrected chi connectivity index (χ0v) is 8.54. The maximum Gasteiger partial charge on any atom is 0.0126 e. The van der Waals surface area contributed by atoms with Crippen LogP contribution in [0.4, 0.5) is 0 Å². The molecule has 1 heterocycles. The Balaban J connectivity index is 1.65. The van der Waals surface area contributed by atoms with Crippen molar-refractivity contribution in [3.8, 4) is 0 Å². The molecule has 1 saturated heterocycles. The summed E-state index contributed by atoms with van der Waals surface area (Å²) in [6.07, 6.45) is 10.6. The Labute approximate surface area is 81.5 Å². The summed E-state index contributed by atoms with van der Waals surface area (Å²) in [7, 11) is 0. The molecule has 3 rings (SSSR count). The lowest BCUT2D eigenvalue weighted by Crippen LogP contribution is -2.42. The highest BCUT2D eigenvalue weighted by atomic mass is 15.2. The van der Waals surface area contributed by atoms with Crippen LogP contribution in [0.5, 0.6) is 0 Å². The van der Waals surface area contributed by atoms with Crippen molar-refractivity contribution in [1.82, 2.24) is 4.90 Å². The lowest BCUT2D eigenvalue weighted by Gasteiger charge is -2.37. The van der Waals surface area contributed by atoms with Crippen molar-refractivity contribution < 1.29 is 0 Å². The van der Waals surface area contributed by atoms with Crippen LogP contribution in [0.25, 0.3) is 0 Å². The van der Waals surface area contributed by atoms with Crippen LogP contribution in [0.1, 0.15) is 44.9 Å². The summed E-state index contributed by atoms with van der Waals surface area (Å²) in [6.45, 7) is 2.82. The first kappa shape index (κ1) is 8.28. The van der Waals surface area contributed by atoms with Crippen molar-refractivity contribution in [2.75, 3.05) is 13.1 Å². The predicted octanol–water partition coefficient (Wildman–Crippen LogP) is 2.66. The monoisotopic (exact) mass is 179 g/mol. The minimum Gasteiger partial charge on any atom is -0.300 e. The number of piperidine rings is 1. The van der Waals surface area contributed by atoms with Gasteiger partial charge in [0.25, 0.3) is 0 Å². The van der Waals surface area contributed by atoms with Crippen LogP contribution in [-0.4, -0.2) is 24.0 Å². The molecular weight excluding hydrogens is 158 g/mol. The van der Waals surface area contributed by atoms with Crippen molar-refractivity contribution in [2.24, 2.45) is 11.8 Å². The van der Waals surface area contributed by atoms with Crippen LogP contribution in [0.2, 0.25) is 0 Å². The zero-order chi connectivity index (χ0) is 8.67. The Hall–Kier alpha value is -0.0400. The van der Waals surface area contributed by atoms with E-state index in [0.29, 0.717) is 0 Å². The summed E-state index contributed by atoms with van der Waals surface area (Å²) in [5, 5.41) is 0. The molecule has 3 aliphatic rings. The SMILES string of the molecule is C1CCN([C@H]2C[C@H]3CC[C@@H]2C3)CC1. The van der Waals surface area contributed by atoms with Gasteiger partial charge in [-0.3, -0.25) is 0 Å². The fraction of sp³-hybridized carbons (Fsp3) is 1.00. The lowest BCUT2D eigenvalue weighted by molar-refractivity contribution is 0.119. The van der Waals surface area contributed by atoms with E-state index < -0.39 is 0 Å². The fourth-order valence-electron chi connectivity index (χ4n) is 3.91. The molecule has 2 aliphatic carbocycles. The minimum atomic E-state index is 1.01. The zero-order valence-electron chi connectivity index (χ0n) is 8.54. The van der Waals surface area contributed by atoms with Crippen LogP contribution in [0.15, 0.2) is 0 Å². The van der Waals surface area contributed by atoms with Crippen molar-refractivity contribution >= 4 is 0 Å². The molecule has 0 N–H and O–H groups in total. The maximum absolute atomic E-state index is 2.81. The Bertz CT molecular complexity index is 184. The third-order valence-electron chi connectivity index (χ3n) is 4.56. The van der Waals surface area contributed by atoms with E-state index in [4.69, 9.17) is 0 Å². The standard InChI is InChI=1S/C12H21N/c1-2-6-13(7-3-1)12-9-10-4-5-11(12)8-10/h10-12H,1-9H2/t10-,11+,12-/m0/s1. The van der Waals surface area contributed by atoms with Gasteiger partial charge < -0.3 is 4.90 Å². The molecular formula is C12H21N. The third-order valence-corrected chi connectivity index (χ3v) is 4.56. The Morgan fingerprint density at radius 1 is 0.846 bits per heavy atom. The molecule has 0 aromatic carbocycles. The summed E-state index contributed by atoms with van der Waals surface area (Å²) in [4.78, 5) is 2.81.